The number of ether oxygens (including phenoxy) is 3. The maximum Gasteiger partial charge on any atom is 0.344 e. The van der Waals surface area contributed by atoms with E-state index < -0.39 is 17.9 Å². The molecule has 2 aliphatic heterocycles. The Morgan fingerprint density at radius 2 is 2.22 bits per heavy atom. The lowest BCUT2D eigenvalue weighted by Crippen LogP contribution is -2.63. The normalized spacial score (nSPS) is 35.5. The first kappa shape index (κ1) is 13.5. The molecule has 5 heteroatoms. The second-order valence-corrected chi connectivity index (χ2v) is 4.55. The average molecular weight is 256 g/mol. The molecule has 1 fully saturated rings. The molecule has 1 N–H and O–H groups in total. The minimum atomic E-state index is -1.40. The Morgan fingerprint density at radius 3 is 2.67 bits per heavy atom. The Bertz CT molecular complexity index is 340. The van der Waals surface area contributed by atoms with Crippen LogP contribution in [0.4, 0.5) is 0 Å². The minimum Gasteiger partial charge on any atom is -0.464 e. The van der Waals surface area contributed by atoms with Crippen LogP contribution in [-0.4, -0.2) is 42.3 Å². The van der Waals surface area contributed by atoms with Crippen LogP contribution in [-0.2, 0) is 19.0 Å². The average Bonchev–Trinajstić information content (AvgIpc) is 2.40. The predicted molar refractivity (Wildman–Crippen MR) is 63.7 cm³/mol. The van der Waals surface area contributed by atoms with Gasteiger partial charge >= 0.3 is 5.97 Å². The van der Waals surface area contributed by atoms with Gasteiger partial charge in [-0.05, 0) is 26.7 Å². The molecule has 4 atom stereocenters. The van der Waals surface area contributed by atoms with E-state index in [9.17, 15) is 9.90 Å². The molecule has 2 heterocycles. The summed E-state index contributed by atoms with van der Waals surface area (Å²) in [6, 6.07) is 0. The quantitative estimate of drug-likeness (QED) is 0.452. The Labute approximate surface area is 107 Å². The van der Waals surface area contributed by atoms with Crippen LogP contribution in [0.1, 0.15) is 26.7 Å². The highest BCUT2D eigenvalue weighted by Gasteiger charge is 2.58. The van der Waals surface area contributed by atoms with Gasteiger partial charge < -0.3 is 19.3 Å². The number of hydrogen-bond donors (Lipinski definition) is 1. The summed E-state index contributed by atoms with van der Waals surface area (Å²) in [5.41, 5.74) is -1.40. The third-order valence-electron chi connectivity index (χ3n) is 3.50. The molecule has 0 aromatic carbocycles. The highest BCUT2D eigenvalue weighted by atomic mass is 16.7. The number of fused-ring (bicyclic) bond motifs is 2. The van der Waals surface area contributed by atoms with E-state index in [1.54, 1.807) is 13.8 Å². The van der Waals surface area contributed by atoms with Crippen molar-refractivity contribution in [3.05, 3.63) is 12.2 Å². The largest absolute Gasteiger partial charge is 0.464 e. The topological polar surface area (TPSA) is 65.0 Å². The zero-order valence-corrected chi connectivity index (χ0v) is 10.8. The Morgan fingerprint density at radius 1 is 1.44 bits per heavy atom. The molecule has 0 aromatic rings. The standard InChI is InChI=1S/C13H20O5/c1-3-16-11(14)13(12(15)17-4-2)9-5-7-10(18-13)8-6-9/h5,7,9-11,14H,3-4,6,8H2,1-2H3. The molecule has 2 bridgehead atoms. The first-order valence-corrected chi connectivity index (χ1v) is 6.48. The van der Waals surface area contributed by atoms with Crippen molar-refractivity contribution < 1.29 is 24.1 Å². The van der Waals surface area contributed by atoms with Crippen molar-refractivity contribution in [1.82, 2.24) is 0 Å². The number of aliphatic hydroxyl groups excluding tert-OH is 1. The molecule has 5 nitrogen and oxygen atoms in total. The number of carbonyl (C=O) groups is 1. The zero-order chi connectivity index (χ0) is 13.2. The molecule has 0 spiro atoms. The summed E-state index contributed by atoms with van der Waals surface area (Å²) in [4.78, 5) is 12.2. The van der Waals surface area contributed by atoms with Crippen LogP contribution in [0.2, 0.25) is 0 Å². The molecular formula is C13H20O5. The minimum absolute atomic E-state index is 0.144. The van der Waals surface area contributed by atoms with Gasteiger partial charge in [0.25, 0.3) is 0 Å². The van der Waals surface area contributed by atoms with Crippen LogP contribution in [0.5, 0.6) is 0 Å². The van der Waals surface area contributed by atoms with Gasteiger partial charge in [-0.15, -0.1) is 0 Å². The Balaban J connectivity index is 2.28. The second-order valence-electron chi connectivity index (χ2n) is 4.55. The first-order chi connectivity index (χ1) is 8.65. The van der Waals surface area contributed by atoms with E-state index >= 15 is 0 Å². The predicted octanol–water partition coefficient (Wildman–Crippen LogP) is 1.01. The molecule has 0 amide bonds. The van der Waals surface area contributed by atoms with Crippen LogP contribution in [0, 0.1) is 5.92 Å². The first-order valence-electron chi connectivity index (χ1n) is 6.48. The molecule has 0 radical (unpaired) electrons. The van der Waals surface area contributed by atoms with E-state index in [0.29, 0.717) is 6.61 Å². The molecule has 1 aliphatic carbocycles. The maximum absolute atomic E-state index is 12.2. The van der Waals surface area contributed by atoms with Gasteiger partial charge in [0, 0.05) is 12.5 Å². The van der Waals surface area contributed by atoms with Crippen molar-refractivity contribution in [3.8, 4) is 0 Å². The highest BCUT2D eigenvalue weighted by Crippen LogP contribution is 2.43. The fraction of sp³-hybridized carbons (Fsp3) is 0.769. The summed E-state index contributed by atoms with van der Waals surface area (Å²) in [6.07, 6.45) is 4.08. The fourth-order valence-corrected chi connectivity index (χ4v) is 2.65. The molecule has 102 valence electrons. The van der Waals surface area contributed by atoms with Crippen molar-refractivity contribution in [3.63, 3.8) is 0 Å². The smallest absolute Gasteiger partial charge is 0.344 e. The molecule has 1 saturated heterocycles. The molecule has 0 aromatic heterocycles. The lowest BCUT2D eigenvalue weighted by Gasteiger charge is -2.47. The van der Waals surface area contributed by atoms with Gasteiger partial charge in [0.2, 0.25) is 5.60 Å². The van der Waals surface area contributed by atoms with Crippen molar-refractivity contribution in [1.29, 1.82) is 0 Å². The summed E-state index contributed by atoms with van der Waals surface area (Å²) in [6.45, 7) is 4.06. The summed E-state index contributed by atoms with van der Waals surface area (Å²) in [7, 11) is 0. The van der Waals surface area contributed by atoms with Crippen LogP contribution >= 0.6 is 0 Å². The second kappa shape index (κ2) is 5.38. The molecule has 4 unspecified atom stereocenters. The van der Waals surface area contributed by atoms with Gasteiger partial charge in [0.05, 0.1) is 12.7 Å². The van der Waals surface area contributed by atoms with E-state index in [-0.39, 0.29) is 18.6 Å². The molecule has 3 aliphatic rings. The van der Waals surface area contributed by atoms with Crippen LogP contribution in [0.3, 0.4) is 0 Å². The number of carbonyl (C=O) groups excluding carboxylic acids is 1. The van der Waals surface area contributed by atoms with Gasteiger partial charge in [0.15, 0.2) is 6.29 Å². The molecule has 18 heavy (non-hydrogen) atoms. The van der Waals surface area contributed by atoms with E-state index in [1.807, 2.05) is 12.2 Å². The third kappa shape index (κ3) is 2.06. The van der Waals surface area contributed by atoms with Crippen molar-refractivity contribution >= 4 is 5.97 Å². The van der Waals surface area contributed by atoms with Crippen LogP contribution in [0.25, 0.3) is 0 Å². The van der Waals surface area contributed by atoms with E-state index in [0.717, 1.165) is 12.8 Å². The zero-order valence-electron chi connectivity index (χ0n) is 10.8. The Hall–Kier alpha value is -0.910. The summed E-state index contributed by atoms with van der Waals surface area (Å²) < 4.78 is 16.0. The van der Waals surface area contributed by atoms with Crippen molar-refractivity contribution in [2.75, 3.05) is 13.2 Å². The highest BCUT2D eigenvalue weighted by molar-refractivity contribution is 5.81. The van der Waals surface area contributed by atoms with E-state index in [4.69, 9.17) is 14.2 Å². The number of rotatable bonds is 5. The van der Waals surface area contributed by atoms with Crippen LogP contribution in [0.15, 0.2) is 12.2 Å². The van der Waals surface area contributed by atoms with Gasteiger partial charge in [-0.25, -0.2) is 4.79 Å². The molecule has 3 rings (SSSR count). The van der Waals surface area contributed by atoms with Gasteiger partial charge in [-0.2, -0.15) is 0 Å². The van der Waals surface area contributed by atoms with E-state index in [1.165, 1.54) is 0 Å². The van der Waals surface area contributed by atoms with Gasteiger partial charge in [-0.3, -0.25) is 0 Å². The molecule has 0 saturated carbocycles. The SMILES string of the molecule is CCOC(=O)C1(C(O)OCC)OC2C=CC1CC2. The van der Waals surface area contributed by atoms with Crippen molar-refractivity contribution in [2.24, 2.45) is 5.92 Å². The van der Waals surface area contributed by atoms with Crippen LogP contribution < -0.4 is 0 Å². The molecular weight excluding hydrogens is 236 g/mol. The van der Waals surface area contributed by atoms with E-state index in [2.05, 4.69) is 0 Å². The van der Waals surface area contributed by atoms with Gasteiger partial charge in [0.1, 0.15) is 0 Å². The number of aliphatic hydroxyl groups is 1. The summed E-state index contributed by atoms with van der Waals surface area (Å²) in [5, 5.41) is 10.2. The lowest BCUT2D eigenvalue weighted by molar-refractivity contribution is -0.274. The maximum atomic E-state index is 12.2. The summed E-state index contributed by atoms with van der Waals surface area (Å²) >= 11 is 0. The summed E-state index contributed by atoms with van der Waals surface area (Å²) in [5.74, 6) is -0.729. The fourth-order valence-electron chi connectivity index (χ4n) is 2.65. The number of esters is 1. The third-order valence-corrected chi connectivity index (χ3v) is 3.50. The monoisotopic (exact) mass is 256 g/mol. The lowest BCUT2D eigenvalue weighted by atomic mass is 9.75. The Kier molecular flexibility index (Phi) is 4.04. The van der Waals surface area contributed by atoms with Gasteiger partial charge in [-0.1, -0.05) is 12.2 Å². The van der Waals surface area contributed by atoms with Crippen molar-refractivity contribution in [2.45, 2.75) is 44.7 Å². The number of hydrogen-bond acceptors (Lipinski definition) is 5.